The quantitative estimate of drug-likeness (QED) is 0.217. The minimum atomic E-state index is 0.929. The maximum Gasteiger partial charge on any atom is 0.136 e. The van der Waals surface area contributed by atoms with Crippen LogP contribution < -0.4 is 0 Å². The topological polar surface area (TPSA) is 26.3 Å². The van der Waals surface area contributed by atoms with Gasteiger partial charge in [-0.25, -0.2) is 0 Å². The van der Waals surface area contributed by atoms with Gasteiger partial charge in [0.2, 0.25) is 0 Å². The molecule has 0 unspecified atom stereocenters. The summed E-state index contributed by atoms with van der Waals surface area (Å²) in [7, 11) is 0. The van der Waals surface area contributed by atoms with Crippen LogP contribution in [0.1, 0.15) is 57.4 Å². The molecule has 0 spiro atoms. The largest absolute Gasteiger partial charge is 0.456 e. The predicted octanol–water partition coefficient (Wildman–Crippen LogP) is 10.4. The zero-order valence-corrected chi connectivity index (χ0v) is 19.8. The maximum atomic E-state index is 6.31. The van der Waals surface area contributed by atoms with Gasteiger partial charge in [-0.3, -0.25) is 0 Å². The van der Waals surface area contributed by atoms with Crippen molar-refractivity contribution in [3.63, 3.8) is 0 Å². The van der Waals surface area contributed by atoms with E-state index in [4.69, 9.17) is 8.83 Å². The van der Waals surface area contributed by atoms with Crippen LogP contribution in [0.5, 0.6) is 0 Å². The fraction of sp³-hybridized carbons (Fsp3) is 0.250. The van der Waals surface area contributed by atoms with Crippen LogP contribution in [0, 0.1) is 0 Å². The van der Waals surface area contributed by atoms with Crippen LogP contribution in [0.4, 0.5) is 0 Å². The number of hydrogen-bond donors (Lipinski definition) is 0. The van der Waals surface area contributed by atoms with E-state index in [1.54, 1.807) is 0 Å². The molecular formula is C32H30O2. The monoisotopic (exact) mass is 446 g/mol. The second-order valence-corrected chi connectivity index (χ2v) is 9.39. The lowest BCUT2D eigenvalue weighted by Gasteiger charge is -2.02. The highest BCUT2D eigenvalue weighted by Gasteiger charge is 2.15. The lowest BCUT2D eigenvalue weighted by molar-refractivity contribution is 0.611. The fourth-order valence-electron chi connectivity index (χ4n) is 5.29. The van der Waals surface area contributed by atoms with Crippen molar-refractivity contribution in [1.29, 1.82) is 0 Å². The molecule has 0 aliphatic heterocycles. The number of unbranched alkanes of at least 4 members (excludes halogenated alkanes) is 6. The Kier molecular flexibility index (Phi) is 5.58. The molecule has 34 heavy (non-hydrogen) atoms. The first-order valence-corrected chi connectivity index (χ1v) is 12.7. The average molecular weight is 447 g/mol. The van der Waals surface area contributed by atoms with Crippen molar-refractivity contribution in [1.82, 2.24) is 0 Å². The summed E-state index contributed by atoms with van der Waals surface area (Å²) in [5, 5.41) is 7.11. The highest BCUT2D eigenvalue weighted by molar-refractivity contribution is 6.27. The Hall–Kier alpha value is -3.52. The van der Waals surface area contributed by atoms with E-state index in [0.717, 1.165) is 34.1 Å². The fourth-order valence-corrected chi connectivity index (χ4v) is 5.29. The average Bonchev–Trinajstić information content (AvgIpc) is 3.43. The Morgan fingerprint density at radius 3 is 2.03 bits per heavy atom. The van der Waals surface area contributed by atoms with Gasteiger partial charge in [-0.1, -0.05) is 75.4 Å². The number of fused-ring (bicyclic) bond motifs is 9. The Morgan fingerprint density at radius 2 is 1.24 bits per heavy atom. The van der Waals surface area contributed by atoms with Crippen molar-refractivity contribution in [3.05, 3.63) is 78.4 Å². The molecule has 2 heteroatoms. The summed E-state index contributed by atoms with van der Waals surface area (Å²) in [6.45, 7) is 2.27. The number of para-hydroxylation sites is 1. The first kappa shape index (κ1) is 21.0. The van der Waals surface area contributed by atoms with Crippen LogP contribution in [-0.4, -0.2) is 0 Å². The van der Waals surface area contributed by atoms with E-state index in [0.29, 0.717) is 0 Å². The molecule has 170 valence electrons. The van der Waals surface area contributed by atoms with Crippen LogP contribution in [0.3, 0.4) is 0 Å². The van der Waals surface area contributed by atoms with Gasteiger partial charge >= 0.3 is 0 Å². The molecule has 0 aliphatic carbocycles. The molecule has 0 amide bonds. The van der Waals surface area contributed by atoms with E-state index in [-0.39, 0.29) is 0 Å². The highest BCUT2D eigenvalue weighted by atomic mass is 16.3. The normalized spacial score (nSPS) is 12.4. The van der Waals surface area contributed by atoms with E-state index >= 15 is 0 Å². The summed E-state index contributed by atoms with van der Waals surface area (Å²) in [6, 6.07) is 23.4. The molecule has 4 aromatic carbocycles. The van der Waals surface area contributed by atoms with Gasteiger partial charge in [0.15, 0.2) is 0 Å². The van der Waals surface area contributed by atoms with Crippen molar-refractivity contribution in [2.45, 2.75) is 51.9 Å². The van der Waals surface area contributed by atoms with Crippen LogP contribution in [0.2, 0.25) is 0 Å². The molecule has 0 radical (unpaired) electrons. The second-order valence-electron chi connectivity index (χ2n) is 9.39. The van der Waals surface area contributed by atoms with Gasteiger partial charge in [0, 0.05) is 21.5 Å². The van der Waals surface area contributed by atoms with Crippen molar-refractivity contribution < 1.29 is 8.83 Å². The zero-order chi connectivity index (χ0) is 22.9. The minimum Gasteiger partial charge on any atom is -0.456 e. The molecule has 0 atom stereocenters. The SMILES string of the molecule is CCCCCCCC/C=C/c1ccc2c(c1)oc1ccc3c(ccc4oc5ccccc5c43)c12. The third-order valence-corrected chi connectivity index (χ3v) is 7.03. The molecule has 2 heterocycles. The summed E-state index contributed by atoms with van der Waals surface area (Å²) in [5.74, 6) is 0. The van der Waals surface area contributed by atoms with Gasteiger partial charge in [0.1, 0.15) is 22.3 Å². The Morgan fingerprint density at radius 1 is 0.588 bits per heavy atom. The lowest BCUT2D eigenvalue weighted by Crippen LogP contribution is -1.78. The summed E-state index contributed by atoms with van der Waals surface area (Å²) >= 11 is 0. The molecule has 6 aromatic rings. The number of rotatable bonds is 8. The summed E-state index contributed by atoms with van der Waals surface area (Å²) in [5.41, 5.74) is 4.94. The molecule has 0 N–H and O–H groups in total. The second kappa shape index (κ2) is 9.02. The molecule has 0 bridgehead atoms. The van der Waals surface area contributed by atoms with Gasteiger partial charge < -0.3 is 8.83 Å². The van der Waals surface area contributed by atoms with Gasteiger partial charge in [0.05, 0.1) is 0 Å². The molecule has 2 nitrogen and oxygen atoms in total. The molecule has 6 rings (SSSR count). The van der Waals surface area contributed by atoms with E-state index in [1.807, 2.05) is 12.1 Å². The van der Waals surface area contributed by atoms with Crippen LogP contribution in [0.15, 0.2) is 81.6 Å². The number of furan rings is 2. The lowest BCUT2D eigenvalue weighted by atomic mass is 9.99. The van der Waals surface area contributed by atoms with Gasteiger partial charge in [-0.15, -0.1) is 0 Å². The smallest absolute Gasteiger partial charge is 0.136 e. The third kappa shape index (κ3) is 3.68. The van der Waals surface area contributed by atoms with E-state index in [2.05, 4.69) is 73.7 Å². The van der Waals surface area contributed by atoms with Gasteiger partial charge in [-0.05, 0) is 71.6 Å². The maximum absolute atomic E-state index is 6.31. The third-order valence-electron chi connectivity index (χ3n) is 7.03. The molecule has 0 saturated carbocycles. The molecule has 2 aromatic heterocycles. The van der Waals surface area contributed by atoms with Crippen LogP contribution in [0.25, 0.3) is 60.7 Å². The van der Waals surface area contributed by atoms with Gasteiger partial charge in [-0.2, -0.15) is 0 Å². The summed E-state index contributed by atoms with van der Waals surface area (Å²) < 4.78 is 12.4. The number of benzene rings is 4. The van der Waals surface area contributed by atoms with E-state index in [9.17, 15) is 0 Å². The molecule has 0 saturated heterocycles. The molecular weight excluding hydrogens is 416 g/mol. The highest BCUT2D eigenvalue weighted by Crippen LogP contribution is 2.40. The van der Waals surface area contributed by atoms with Crippen molar-refractivity contribution >= 4 is 60.7 Å². The first-order chi connectivity index (χ1) is 16.8. The minimum absolute atomic E-state index is 0.929. The predicted molar refractivity (Wildman–Crippen MR) is 146 cm³/mol. The van der Waals surface area contributed by atoms with E-state index < -0.39 is 0 Å². The standard InChI is InChI=1S/C32H30O2/c1-2-3-4-5-6-7-8-9-12-22-15-16-26-30(21-22)34-29-20-18-23-24(32(26)29)17-19-28-31(23)25-13-10-11-14-27(25)33-28/h9-21H,2-8H2,1H3/b12-9+. The first-order valence-electron chi connectivity index (χ1n) is 12.7. The van der Waals surface area contributed by atoms with Crippen molar-refractivity contribution in [3.8, 4) is 0 Å². The Bertz CT molecular complexity index is 1640. The van der Waals surface area contributed by atoms with Crippen LogP contribution >= 0.6 is 0 Å². The van der Waals surface area contributed by atoms with E-state index in [1.165, 1.54) is 71.0 Å². The zero-order valence-electron chi connectivity index (χ0n) is 19.8. The number of allylic oxidation sites excluding steroid dienone is 1. The Balaban J connectivity index is 1.34. The molecule has 0 aliphatic rings. The summed E-state index contributed by atoms with van der Waals surface area (Å²) in [6.07, 6.45) is 13.7. The van der Waals surface area contributed by atoms with Crippen molar-refractivity contribution in [2.24, 2.45) is 0 Å². The number of hydrogen-bond acceptors (Lipinski definition) is 2. The Labute approximate surface area is 199 Å². The van der Waals surface area contributed by atoms with Crippen LogP contribution in [-0.2, 0) is 0 Å². The molecule has 0 fully saturated rings. The summed E-state index contributed by atoms with van der Waals surface area (Å²) in [4.78, 5) is 0. The van der Waals surface area contributed by atoms with Gasteiger partial charge in [0.25, 0.3) is 0 Å². The van der Waals surface area contributed by atoms with Crippen molar-refractivity contribution in [2.75, 3.05) is 0 Å².